The number of hydrogen-bond acceptors (Lipinski definition) is 4. The Morgan fingerprint density at radius 2 is 1.75 bits per heavy atom. The number of likely N-dealkylation sites (N-methyl/N-ethyl adjacent to an activating group) is 1. The zero-order chi connectivity index (χ0) is 17.2. The number of carbonyl (C=O) groups is 1. The van der Waals surface area contributed by atoms with Crippen molar-refractivity contribution in [2.75, 3.05) is 32.9 Å². The maximum absolute atomic E-state index is 12.6. The molecule has 4 nitrogen and oxygen atoms in total. The summed E-state index contributed by atoms with van der Waals surface area (Å²) in [6.07, 6.45) is 4.10. The summed E-state index contributed by atoms with van der Waals surface area (Å²) in [7, 11) is 4.06. The van der Waals surface area contributed by atoms with E-state index in [1.807, 2.05) is 49.3 Å². The number of amides is 1. The van der Waals surface area contributed by atoms with Gasteiger partial charge in [-0.05, 0) is 43.9 Å². The highest BCUT2D eigenvalue weighted by molar-refractivity contribution is 7.99. The fourth-order valence-electron chi connectivity index (χ4n) is 2.25. The molecule has 1 aromatic carbocycles. The summed E-state index contributed by atoms with van der Waals surface area (Å²) in [6, 6.07) is 14.1. The fraction of sp³-hybridized carbons (Fsp3) is 0.368. The Bertz CT molecular complexity index is 605. The second-order valence-corrected chi connectivity index (χ2v) is 7.05. The first-order valence-electron chi connectivity index (χ1n) is 8.14. The van der Waals surface area contributed by atoms with E-state index in [1.165, 1.54) is 4.90 Å². The standard InChI is InChI=1S/C19H25N3OS/c1-21(2)13-14-22(16-17-8-11-20-12-9-17)19(23)10-15-24-18-6-4-3-5-7-18/h3-9,11-12H,10,13-16H2,1-2H3. The molecule has 128 valence electrons. The van der Waals surface area contributed by atoms with Crippen molar-refractivity contribution in [2.24, 2.45) is 0 Å². The predicted octanol–water partition coefficient (Wildman–Crippen LogP) is 3.15. The van der Waals surface area contributed by atoms with E-state index < -0.39 is 0 Å². The van der Waals surface area contributed by atoms with Gasteiger partial charge >= 0.3 is 0 Å². The topological polar surface area (TPSA) is 36.4 Å². The third-order valence-electron chi connectivity index (χ3n) is 3.62. The van der Waals surface area contributed by atoms with Crippen molar-refractivity contribution in [1.82, 2.24) is 14.8 Å². The fourth-order valence-corrected chi connectivity index (χ4v) is 3.11. The van der Waals surface area contributed by atoms with Crippen molar-refractivity contribution in [3.63, 3.8) is 0 Å². The summed E-state index contributed by atoms with van der Waals surface area (Å²) in [5, 5.41) is 0. The lowest BCUT2D eigenvalue weighted by Crippen LogP contribution is -2.36. The molecule has 0 unspecified atom stereocenters. The van der Waals surface area contributed by atoms with Crippen molar-refractivity contribution in [1.29, 1.82) is 0 Å². The van der Waals surface area contributed by atoms with Gasteiger partial charge < -0.3 is 9.80 Å². The first kappa shape index (κ1) is 18.5. The molecule has 1 aromatic heterocycles. The molecule has 1 amide bonds. The molecule has 0 saturated heterocycles. The highest BCUT2D eigenvalue weighted by Crippen LogP contribution is 2.18. The van der Waals surface area contributed by atoms with E-state index in [0.29, 0.717) is 13.0 Å². The molecular formula is C19H25N3OS. The molecule has 0 N–H and O–H groups in total. The first-order chi connectivity index (χ1) is 11.6. The normalized spacial score (nSPS) is 10.8. The van der Waals surface area contributed by atoms with E-state index >= 15 is 0 Å². The molecule has 0 saturated carbocycles. The predicted molar refractivity (Wildman–Crippen MR) is 100.0 cm³/mol. The van der Waals surface area contributed by atoms with Crippen LogP contribution >= 0.6 is 11.8 Å². The lowest BCUT2D eigenvalue weighted by Gasteiger charge is -2.24. The van der Waals surface area contributed by atoms with Crippen LogP contribution < -0.4 is 0 Å². The molecule has 0 fully saturated rings. The lowest BCUT2D eigenvalue weighted by atomic mass is 10.2. The van der Waals surface area contributed by atoms with E-state index in [9.17, 15) is 4.79 Å². The summed E-state index contributed by atoms with van der Waals surface area (Å²) in [5.74, 6) is 1.01. The summed E-state index contributed by atoms with van der Waals surface area (Å²) in [4.78, 5) is 21.9. The van der Waals surface area contributed by atoms with E-state index in [4.69, 9.17) is 0 Å². The second kappa shape index (κ2) is 10.1. The molecule has 2 rings (SSSR count). The molecule has 0 spiro atoms. The number of benzene rings is 1. The molecule has 1 heterocycles. The van der Waals surface area contributed by atoms with Gasteiger partial charge in [-0.2, -0.15) is 0 Å². The van der Waals surface area contributed by atoms with Crippen LogP contribution in [-0.2, 0) is 11.3 Å². The van der Waals surface area contributed by atoms with Crippen LogP contribution in [-0.4, -0.2) is 53.6 Å². The van der Waals surface area contributed by atoms with Crippen molar-refractivity contribution in [2.45, 2.75) is 17.9 Å². The maximum Gasteiger partial charge on any atom is 0.223 e. The zero-order valence-corrected chi connectivity index (χ0v) is 15.2. The summed E-state index contributed by atoms with van der Waals surface area (Å²) in [5.41, 5.74) is 1.12. The minimum Gasteiger partial charge on any atom is -0.337 e. The van der Waals surface area contributed by atoms with Gasteiger partial charge in [-0.1, -0.05) is 18.2 Å². The SMILES string of the molecule is CN(C)CCN(Cc1ccncc1)C(=O)CCSc1ccccc1. The number of carbonyl (C=O) groups excluding carboxylic acids is 1. The zero-order valence-electron chi connectivity index (χ0n) is 14.4. The lowest BCUT2D eigenvalue weighted by molar-refractivity contribution is -0.131. The van der Waals surface area contributed by atoms with Crippen LogP contribution in [0.2, 0.25) is 0 Å². The number of rotatable bonds is 9. The minimum absolute atomic E-state index is 0.206. The Kier molecular flexibility index (Phi) is 7.79. The van der Waals surface area contributed by atoms with Gasteiger partial charge in [-0.25, -0.2) is 0 Å². The van der Waals surface area contributed by atoms with Crippen LogP contribution in [0.1, 0.15) is 12.0 Å². The van der Waals surface area contributed by atoms with Crippen molar-refractivity contribution >= 4 is 17.7 Å². The summed E-state index contributed by atoms with van der Waals surface area (Å²) < 4.78 is 0. The number of hydrogen-bond donors (Lipinski definition) is 0. The average Bonchev–Trinajstić information content (AvgIpc) is 2.60. The van der Waals surface area contributed by atoms with E-state index in [-0.39, 0.29) is 5.91 Å². The highest BCUT2D eigenvalue weighted by Gasteiger charge is 2.14. The first-order valence-corrected chi connectivity index (χ1v) is 9.13. The van der Waals surface area contributed by atoms with Crippen LogP contribution in [0.25, 0.3) is 0 Å². The molecule has 2 aromatic rings. The number of pyridine rings is 1. The number of nitrogens with zero attached hydrogens (tertiary/aromatic N) is 3. The van der Waals surface area contributed by atoms with Gasteiger partial charge in [0.25, 0.3) is 0 Å². The van der Waals surface area contributed by atoms with Gasteiger partial charge in [0.05, 0.1) is 0 Å². The Morgan fingerprint density at radius 3 is 2.42 bits per heavy atom. The van der Waals surface area contributed by atoms with Crippen molar-refractivity contribution < 1.29 is 4.79 Å². The van der Waals surface area contributed by atoms with Crippen LogP contribution in [0.4, 0.5) is 0 Å². The molecule has 0 aliphatic heterocycles. The molecule has 5 heteroatoms. The van der Waals surface area contributed by atoms with Crippen LogP contribution in [0.15, 0.2) is 59.8 Å². The van der Waals surface area contributed by atoms with Gasteiger partial charge in [0.15, 0.2) is 0 Å². The quantitative estimate of drug-likeness (QED) is 0.656. The summed E-state index contributed by atoms with van der Waals surface area (Å²) in [6.45, 7) is 2.25. The average molecular weight is 343 g/mol. The van der Waals surface area contributed by atoms with Crippen molar-refractivity contribution in [3.05, 3.63) is 60.4 Å². The molecule has 0 aliphatic rings. The Balaban J connectivity index is 1.88. The van der Waals surface area contributed by atoms with Crippen LogP contribution in [0.3, 0.4) is 0 Å². The molecule has 0 aliphatic carbocycles. The molecule has 0 radical (unpaired) electrons. The van der Waals surface area contributed by atoms with Gasteiger partial charge in [0.1, 0.15) is 0 Å². The Hall–Kier alpha value is -1.85. The summed E-state index contributed by atoms with van der Waals surface area (Å²) >= 11 is 1.73. The largest absolute Gasteiger partial charge is 0.337 e. The molecule has 0 atom stereocenters. The number of thioether (sulfide) groups is 1. The van der Waals surface area contributed by atoms with Gasteiger partial charge in [0.2, 0.25) is 5.91 Å². The highest BCUT2D eigenvalue weighted by atomic mass is 32.2. The van der Waals surface area contributed by atoms with Crippen molar-refractivity contribution in [3.8, 4) is 0 Å². The third-order valence-corrected chi connectivity index (χ3v) is 4.63. The van der Waals surface area contributed by atoms with E-state index in [0.717, 1.165) is 24.4 Å². The van der Waals surface area contributed by atoms with E-state index in [2.05, 4.69) is 22.0 Å². The second-order valence-electron chi connectivity index (χ2n) is 5.89. The van der Waals surface area contributed by atoms with E-state index in [1.54, 1.807) is 24.2 Å². The monoisotopic (exact) mass is 343 g/mol. The molecular weight excluding hydrogens is 318 g/mol. The maximum atomic E-state index is 12.6. The smallest absolute Gasteiger partial charge is 0.223 e. The van der Waals surface area contributed by atoms with Crippen LogP contribution in [0.5, 0.6) is 0 Å². The van der Waals surface area contributed by atoms with Gasteiger partial charge in [-0.3, -0.25) is 9.78 Å². The van der Waals surface area contributed by atoms with Gasteiger partial charge in [0, 0.05) is 49.1 Å². The third kappa shape index (κ3) is 6.72. The minimum atomic E-state index is 0.206. The molecule has 24 heavy (non-hydrogen) atoms. The number of aromatic nitrogens is 1. The Labute approximate surface area is 148 Å². The molecule has 0 bridgehead atoms. The van der Waals surface area contributed by atoms with Gasteiger partial charge in [-0.15, -0.1) is 11.8 Å². The van der Waals surface area contributed by atoms with Crippen LogP contribution in [0, 0.1) is 0 Å². The Morgan fingerprint density at radius 1 is 1.04 bits per heavy atom.